The highest BCUT2D eigenvalue weighted by Crippen LogP contribution is 2.30. The standard InChI is InChI=1S/C14H19N3O3/c1-2-7-16(9-10-3-4-10)14(18)11-5-6-13(17(19)20)12(15)8-11/h5-6,8,10H,2-4,7,9,15H2,1H3. The molecule has 1 aromatic carbocycles. The normalized spacial score (nSPS) is 14.1. The maximum Gasteiger partial charge on any atom is 0.292 e. The molecule has 6 nitrogen and oxygen atoms in total. The van der Waals surface area contributed by atoms with Crippen LogP contribution in [0.5, 0.6) is 0 Å². The SMILES string of the molecule is CCCN(CC1CC1)C(=O)c1ccc([N+](=O)[O-])c(N)c1. The van der Waals surface area contributed by atoms with Crippen molar-refractivity contribution in [1.29, 1.82) is 0 Å². The van der Waals surface area contributed by atoms with Crippen LogP contribution in [0.25, 0.3) is 0 Å². The zero-order valence-corrected chi connectivity index (χ0v) is 11.5. The molecule has 1 fully saturated rings. The predicted octanol–water partition coefficient (Wildman–Crippen LogP) is 2.44. The summed E-state index contributed by atoms with van der Waals surface area (Å²) >= 11 is 0. The van der Waals surface area contributed by atoms with Gasteiger partial charge >= 0.3 is 0 Å². The van der Waals surface area contributed by atoms with E-state index < -0.39 is 4.92 Å². The van der Waals surface area contributed by atoms with E-state index in [1.165, 1.54) is 31.0 Å². The lowest BCUT2D eigenvalue weighted by atomic mass is 10.1. The monoisotopic (exact) mass is 277 g/mol. The molecule has 0 bridgehead atoms. The van der Waals surface area contributed by atoms with Gasteiger partial charge < -0.3 is 10.6 Å². The Morgan fingerprint density at radius 1 is 1.50 bits per heavy atom. The molecule has 20 heavy (non-hydrogen) atoms. The van der Waals surface area contributed by atoms with Gasteiger partial charge in [0.05, 0.1) is 4.92 Å². The number of anilines is 1. The number of benzene rings is 1. The van der Waals surface area contributed by atoms with Gasteiger partial charge in [-0.25, -0.2) is 0 Å². The maximum absolute atomic E-state index is 12.4. The summed E-state index contributed by atoms with van der Waals surface area (Å²) in [5.41, 5.74) is 5.92. The van der Waals surface area contributed by atoms with Crippen molar-refractivity contribution in [1.82, 2.24) is 4.90 Å². The van der Waals surface area contributed by atoms with E-state index >= 15 is 0 Å². The Morgan fingerprint density at radius 2 is 2.20 bits per heavy atom. The summed E-state index contributed by atoms with van der Waals surface area (Å²) in [5, 5.41) is 10.7. The van der Waals surface area contributed by atoms with Crippen LogP contribution in [0.2, 0.25) is 0 Å². The summed E-state index contributed by atoms with van der Waals surface area (Å²) in [6.07, 6.45) is 3.24. The Kier molecular flexibility index (Phi) is 4.22. The van der Waals surface area contributed by atoms with Gasteiger partial charge in [-0.1, -0.05) is 6.92 Å². The van der Waals surface area contributed by atoms with E-state index in [4.69, 9.17) is 5.73 Å². The largest absolute Gasteiger partial charge is 0.393 e. The summed E-state index contributed by atoms with van der Waals surface area (Å²) < 4.78 is 0. The Morgan fingerprint density at radius 3 is 2.70 bits per heavy atom. The van der Waals surface area contributed by atoms with E-state index in [1.807, 2.05) is 11.8 Å². The van der Waals surface area contributed by atoms with Crippen LogP contribution in [0.1, 0.15) is 36.5 Å². The smallest absolute Gasteiger partial charge is 0.292 e. The van der Waals surface area contributed by atoms with E-state index in [0.717, 1.165) is 13.0 Å². The van der Waals surface area contributed by atoms with Crippen LogP contribution in [0.3, 0.4) is 0 Å². The van der Waals surface area contributed by atoms with Crippen molar-refractivity contribution in [2.45, 2.75) is 26.2 Å². The van der Waals surface area contributed by atoms with Crippen LogP contribution in [0.15, 0.2) is 18.2 Å². The van der Waals surface area contributed by atoms with Crippen molar-refractivity contribution in [3.05, 3.63) is 33.9 Å². The molecule has 108 valence electrons. The van der Waals surface area contributed by atoms with Crippen molar-refractivity contribution in [2.75, 3.05) is 18.8 Å². The van der Waals surface area contributed by atoms with E-state index in [0.29, 0.717) is 18.0 Å². The molecule has 0 radical (unpaired) electrons. The number of carbonyl (C=O) groups excluding carboxylic acids is 1. The zero-order chi connectivity index (χ0) is 14.7. The Balaban J connectivity index is 2.17. The minimum atomic E-state index is -0.544. The van der Waals surface area contributed by atoms with E-state index in [1.54, 1.807) is 0 Å². The number of nitrogens with zero attached hydrogens (tertiary/aromatic N) is 2. The number of hydrogen-bond acceptors (Lipinski definition) is 4. The Bertz CT molecular complexity index is 526. The van der Waals surface area contributed by atoms with Crippen molar-refractivity contribution >= 4 is 17.3 Å². The molecular formula is C14H19N3O3. The summed E-state index contributed by atoms with van der Waals surface area (Å²) in [6.45, 7) is 3.49. The highest BCUT2D eigenvalue weighted by atomic mass is 16.6. The second-order valence-electron chi connectivity index (χ2n) is 5.23. The van der Waals surface area contributed by atoms with Gasteiger partial charge in [0.25, 0.3) is 11.6 Å². The number of amides is 1. The quantitative estimate of drug-likeness (QED) is 0.491. The van der Waals surface area contributed by atoms with E-state index in [-0.39, 0.29) is 17.3 Å². The highest BCUT2D eigenvalue weighted by molar-refractivity contribution is 5.95. The lowest BCUT2D eigenvalue weighted by Crippen LogP contribution is -2.33. The first-order chi connectivity index (χ1) is 9.52. The predicted molar refractivity (Wildman–Crippen MR) is 76.4 cm³/mol. The molecular weight excluding hydrogens is 258 g/mol. The molecule has 0 atom stereocenters. The number of carbonyl (C=O) groups is 1. The number of nitro benzene ring substituents is 1. The second kappa shape index (κ2) is 5.90. The molecule has 2 N–H and O–H groups in total. The van der Waals surface area contributed by atoms with Crippen LogP contribution in [0, 0.1) is 16.0 Å². The van der Waals surface area contributed by atoms with Crippen molar-refractivity contribution in [2.24, 2.45) is 5.92 Å². The third-order valence-corrected chi connectivity index (χ3v) is 3.43. The van der Waals surface area contributed by atoms with Gasteiger partial charge in [0.1, 0.15) is 5.69 Å². The first kappa shape index (κ1) is 14.3. The van der Waals surface area contributed by atoms with Gasteiger partial charge in [-0.3, -0.25) is 14.9 Å². The number of nitrogen functional groups attached to an aromatic ring is 1. The molecule has 0 heterocycles. The molecule has 1 aromatic rings. The van der Waals surface area contributed by atoms with E-state index in [2.05, 4.69) is 0 Å². The lowest BCUT2D eigenvalue weighted by Gasteiger charge is -2.22. The van der Waals surface area contributed by atoms with Crippen LogP contribution >= 0.6 is 0 Å². The van der Waals surface area contributed by atoms with Crippen LogP contribution in [0.4, 0.5) is 11.4 Å². The topological polar surface area (TPSA) is 89.5 Å². The van der Waals surface area contributed by atoms with Gasteiger partial charge in [-0.05, 0) is 37.3 Å². The molecule has 1 aliphatic rings. The Hall–Kier alpha value is -2.11. The fourth-order valence-electron chi connectivity index (χ4n) is 2.19. The van der Waals surface area contributed by atoms with Gasteiger partial charge in [0.2, 0.25) is 0 Å². The van der Waals surface area contributed by atoms with Gasteiger partial charge in [0, 0.05) is 24.7 Å². The van der Waals surface area contributed by atoms with Crippen molar-refractivity contribution in [3.63, 3.8) is 0 Å². The van der Waals surface area contributed by atoms with Gasteiger partial charge in [-0.15, -0.1) is 0 Å². The summed E-state index contributed by atoms with van der Waals surface area (Å²) in [7, 11) is 0. The number of hydrogen-bond donors (Lipinski definition) is 1. The molecule has 0 saturated heterocycles. The average molecular weight is 277 g/mol. The highest BCUT2D eigenvalue weighted by Gasteiger charge is 2.27. The van der Waals surface area contributed by atoms with Crippen molar-refractivity contribution in [3.8, 4) is 0 Å². The Labute approximate surface area is 117 Å². The summed E-state index contributed by atoms with van der Waals surface area (Å²) in [5.74, 6) is 0.515. The van der Waals surface area contributed by atoms with Crippen molar-refractivity contribution < 1.29 is 9.72 Å². The lowest BCUT2D eigenvalue weighted by molar-refractivity contribution is -0.383. The van der Waals surface area contributed by atoms with E-state index in [9.17, 15) is 14.9 Å². The molecule has 0 unspecified atom stereocenters. The first-order valence-corrected chi connectivity index (χ1v) is 6.86. The number of rotatable bonds is 6. The van der Waals surface area contributed by atoms with Crippen LogP contribution < -0.4 is 5.73 Å². The third kappa shape index (κ3) is 3.26. The molecule has 0 aliphatic heterocycles. The second-order valence-corrected chi connectivity index (χ2v) is 5.23. The molecule has 0 aromatic heterocycles. The van der Waals surface area contributed by atoms with Gasteiger partial charge in [-0.2, -0.15) is 0 Å². The molecule has 2 rings (SSSR count). The average Bonchev–Trinajstić information content (AvgIpc) is 3.21. The van der Waals surface area contributed by atoms with Gasteiger partial charge in [0.15, 0.2) is 0 Å². The molecule has 1 aliphatic carbocycles. The first-order valence-electron chi connectivity index (χ1n) is 6.86. The number of nitro groups is 1. The molecule has 0 spiro atoms. The van der Waals surface area contributed by atoms with Crippen LogP contribution in [-0.2, 0) is 0 Å². The molecule has 1 amide bonds. The fraction of sp³-hybridized carbons (Fsp3) is 0.500. The molecule has 1 saturated carbocycles. The maximum atomic E-state index is 12.4. The summed E-state index contributed by atoms with van der Waals surface area (Å²) in [4.78, 5) is 24.4. The zero-order valence-electron chi connectivity index (χ0n) is 11.5. The minimum Gasteiger partial charge on any atom is -0.393 e. The third-order valence-electron chi connectivity index (χ3n) is 3.43. The summed E-state index contributed by atoms with van der Waals surface area (Å²) in [6, 6.07) is 4.17. The fourth-order valence-corrected chi connectivity index (χ4v) is 2.19. The van der Waals surface area contributed by atoms with Crippen LogP contribution in [-0.4, -0.2) is 28.8 Å². The minimum absolute atomic E-state index is 0.0312. The molecule has 6 heteroatoms. The number of nitrogens with two attached hydrogens (primary N) is 1.